The Hall–Kier alpha value is -2.36. The summed E-state index contributed by atoms with van der Waals surface area (Å²) in [4.78, 5) is 8.35. The van der Waals surface area contributed by atoms with Crippen LogP contribution in [0.1, 0.15) is 24.5 Å². The van der Waals surface area contributed by atoms with Gasteiger partial charge in [0, 0.05) is 5.56 Å². The Morgan fingerprint density at radius 2 is 2.10 bits per heavy atom. The van der Waals surface area contributed by atoms with Crippen LogP contribution in [-0.4, -0.2) is 9.97 Å². The molecule has 0 amide bonds. The second-order valence-electron chi connectivity index (χ2n) is 4.38. The van der Waals surface area contributed by atoms with E-state index >= 15 is 0 Å². The highest BCUT2D eigenvalue weighted by Gasteiger charge is 2.11. The Labute approximate surface area is 127 Å². The number of halogens is 1. The number of anilines is 3. The minimum Gasteiger partial charge on any atom is -0.339 e. The van der Waals surface area contributed by atoms with Gasteiger partial charge in [-0.3, -0.25) is 0 Å². The molecule has 1 aromatic carbocycles. The minimum absolute atomic E-state index is 0.456. The molecule has 6 nitrogen and oxygen atoms in total. The summed E-state index contributed by atoms with van der Waals surface area (Å²) in [5, 5.41) is 12.5. The van der Waals surface area contributed by atoms with Gasteiger partial charge in [0.1, 0.15) is 18.0 Å². The molecule has 0 saturated heterocycles. The number of nitriles is 1. The van der Waals surface area contributed by atoms with E-state index in [1.54, 1.807) is 18.2 Å². The maximum atomic E-state index is 8.85. The van der Waals surface area contributed by atoms with Gasteiger partial charge in [0.2, 0.25) is 0 Å². The van der Waals surface area contributed by atoms with Crippen molar-refractivity contribution in [2.45, 2.75) is 19.8 Å². The summed E-state index contributed by atoms with van der Waals surface area (Å²) < 4.78 is 0. The van der Waals surface area contributed by atoms with Gasteiger partial charge in [-0.25, -0.2) is 15.8 Å². The molecular formula is C14H15ClN6. The fraction of sp³-hybridized carbons (Fsp3) is 0.214. The first-order valence-corrected chi connectivity index (χ1v) is 6.84. The molecule has 0 radical (unpaired) electrons. The molecule has 7 heteroatoms. The van der Waals surface area contributed by atoms with E-state index in [1.165, 1.54) is 6.33 Å². The zero-order valence-electron chi connectivity index (χ0n) is 11.5. The molecule has 0 aliphatic rings. The minimum atomic E-state index is 0.456. The van der Waals surface area contributed by atoms with Gasteiger partial charge in [-0.1, -0.05) is 24.9 Å². The molecule has 0 bridgehead atoms. The Morgan fingerprint density at radius 3 is 2.71 bits per heavy atom. The zero-order valence-corrected chi connectivity index (χ0v) is 12.3. The highest BCUT2D eigenvalue weighted by molar-refractivity contribution is 6.33. The number of nitrogens with one attached hydrogen (secondary N) is 2. The first-order valence-electron chi connectivity index (χ1n) is 6.46. The molecule has 0 atom stereocenters. The predicted octanol–water partition coefficient (Wildman–Crippen LogP) is 2.98. The normalized spacial score (nSPS) is 10.0. The summed E-state index contributed by atoms with van der Waals surface area (Å²) in [5.41, 5.74) is 4.65. The van der Waals surface area contributed by atoms with Crippen molar-refractivity contribution < 1.29 is 0 Å². The number of nitrogens with zero attached hydrogens (tertiary/aromatic N) is 3. The van der Waals surface area contributed by atoms with Gasteiger partial charge in [-0.05, 0) is 24.6 Å². The van der Waals surface area contributed by atoms with E-state index < -0.39 is 0 Å². The lowest BCUT2D eigenvalue weighted by Gasteiger charge is -2.14. The molecule has 2 rings (SSSR count). The van der Waals surface area contributed by atoms with Crippen LogP contribution in [0.4, 0.5) is 17.3 Å². The summed E-state index contributed by atoms with van der Waals surface area (Å²) >= 11 is 6.16. The van der Waals surface area contributed by atoms with Crippen molar-refractivity contribution >= 4 is 28.9 Å². The van der Waals surface area contributed by atoms with Crippen molar-refractivity contribution in [2.75, 3.05) is 10.7 Å². The number of hydrogen-bond acceptors (Lipinski definition) is 6. The lowest BCUT2D eigenvalue weighted by Crippen LogP contribution is -2.13. The molecule has 0 fully saturated rings. The van der Waals surface area contributed by atoms with Gasteiger partial charge in [0.15, 0.2) is 0 Å². The van der Waals surface area contributed by atoms with Crippen LogP contribution in [0.2, 0.25) is 5.02 Å². The Kier molecular flexibility index (Phi) is 4.93. The largest absolute Gasteiger partial charge is 0.339 e. The van der Waals surface area contributed by atoms with Gasteiger partial charge in [-0.15, -0.1) is 0 Å². The second kappa shape index (κ2) is 6.88. The van der Waals surface area contributed by atoms with Crippen LogP contribution in [0.3, 0.4) is 0 Å². The highest BCUT2D eigenvalue weighted by Crippen LogP contribution is 2.29. The number of benzene rings is 1. The van der Waals surface area contributed by atoms with Crippen LogP contribution < -0.4 is 16.6 Å². The average molecular weight is 303 g/mol. The van der Waals surface area contributed by atoms with Crippen molar-refractivity contribution in [1.82, 2.24) is 9.97 Å². The lowest BCUT2D eigenvalue weighted by molar-refractivity contribution is 0.903. The van der Waals surface area contributed by atoms with Crippen LogP contribution in [0, 0.1) is 11.3 Å². The van der Waals surface area contributed by atoms with Gasteiger partial charge in [0.25, 0.3) is 0 Å². The van der Waals surface area contributed by atoms with E-state index in [0.717, 1.165) is 18.4 Å². The van der Waals surface area contributed by atoms with Crippen molar-refractivity contribution in [3.8, 4) is 6.07 Å². The van der Waals surface area contributed by atoms with Crippen molar-refractivity contribution in [3.63, 3.8) is 0 Å². The first-order chi connectivity index (χ1) is 10.2. The molecule has 4 N–H and O–H groups in total. The molecule has 1 heterocycles. The highest BCUT2D eigenvalue weighted by atomic mass is 35.5. The van der Waals surface area contributed by atoms with Crippen LogP contribution in [0.5, 0.6) is 0 Å². The molecule has 1 aromatic heterocycles. The number of hydrogen-bond donors (Lipinski definition) is 3. The van der Waals surface area contributed by atoms with E-state index in [2.05, 4.69) is 27.6 Å². The maximum absolute atomic E-state index is 8.85. The monoisotopic (exact) mass is 302 g/mol. The average Bonchev–Trinajstić information content (AvgIpc) is 2.51. The molecule has 0 unspecified atom stereocenters. The number of aromatic nitrogens is 2. The molecule has 0 aliphatic heterocycles. The fourth-order valence-corrected chi connectivity index (χ4v) is 2.17. The van der Waals surface area contributed by atoms with E-state index in [4.69, 9.17) is 22.7 Å². The summed E-state index contributed by atoms with van der Waals surface area (Å²) in [6.45, 7) is 2.06. The van der Waals surface area contributed by atoms with Gasteiger partial charge in [-0.2, -0.15) is 5.26 Å². The number of rotatable bonds is 5. The second-order valence-corrected chi connectivity index (χ2v) is 4.78. The smallest absolute Gasteiger partial charge is 0.148 e. The quantitative estimate of drug-likeness (QED) is 0.580. The lowest BCUT2D eigenvalue weighted by atomic mass is 10.1. The van der Waals surface area contributed by atoms with Gasteiger partial charge < -0.3 is 10.7 Å². The van der Waals surface area contributed by atoms with E-state index in [0.29, 0.717) is 27.9 Å². The summed E-state index contributed by atoms with van der Waals surface area (Å²) in [6, 6.07) is 7.08. The molecule has 21 heavy (non-hydrogen) atoms. The van der Waals surface area contributed by atoms with Crippen LogP contribution in [-0.2, 0) is 6.42 Å². The fourth-order valence-electron chi connectivity index (χ4n) is 1.94. The standard InChI is InChI=1S/C14H15ClN6/c1-2-3-10-13(18-8-19-14(10)21-17)20-12-5-4-9(7-16)6-11(12)15/h4-6,8H,2-3,17H2,1H3,(H2,18,19,20,21). The number of nitrogens with two attached hydrogens (primary N) is 1. The van der Waals surface area contributed by atoms with E-state index in [-0.39, 0.29) is 0 Å². The Morgan fingerprint density at radius 1 is 1.33 bits per heavy atom. The van der Waals surface area contributed by atoms with Crippen LogP contribution >= 0.6 is 11.6 Å². The van der Waals surface area contributed by atoms with E-state index in [9.17, 15) is 0 Å². The third-order valence-electron chi connectivity index (χ3n) is 2.93. The molecule has 0 aliphatic carbocycles. The topological polar surface area (TPSA) is 99.7 Å². The number of hydrazine groups is 1. The molecule has 0 saturated carbocycles. The van der Waals surface area contributed by atoms with Gasteiger partial charge in [0.05, 0.1) is 22.3 Å². The maximum Gasteiger partial charge on any atom is 0.148 e. The van der Waals surface area contributed by atoms with Gasteiger partial charge >= 0.3 is 0 Å². The number of nitrogen functional groups attached to an aromatic ring is 1. The van der Waals surface area contributed by atoms with Crippen molar-refractivity contribution in [3.05, 3.63) is 40.7 Å². The SMILES string of the molecule is CCCc1c(NN)ncnc1Nc1ccc(C#N)cc1Cl. The third kappa shape index (κ3) is 3.40. The summed E-state index contributed by atoms with van der Waals surface area (Å²) in [5.74, 6) is 6.71. The third-order valence-corrected chi connectivity index (χ3v) is 3.25. The zero-order chi connectivity index (χ0) is 15.2. The summed E-state index contributed by atoms with van der Waals surface area (Å²) in [6.07, 6.45) is 3.13. The van der Waals surface area contributed by atoms with Crippen molar-refractivity contribution in [1.29, 1.82) is 5.26 Å². The van der Waals surface area contributed by atoms with E-state index in [1.807, 2.05) is 6.07 Å². The molecule has 108 valence electrons. The van der Waals surface area contributed by atoms with Crippen LogP contribution in [0.25, 0.3) is 0 Å². The Balaban J connectivity index is 2.37. The van der Waals surface area contributed by atoms with Crippen LogP contribution in [0.15, 0.2) is 24.5 Å². The molecular weight excluding hydrogens is 288 g/mol. The van der Waals surface area contributed by atoms with Crippen molar-refractivity contribution in [2.24, 2.45) is 5.84 Å². The molecule has 0 spiro atoms. The first kappa shape index (κ1) is 15.0. The Bertz CT molecular complexity index is 680. The summed E-state index contributed by atoms with van der Waals surface area (Å²) in [7, 11) is 0. The predicted molar refractivity (Wildman–Crippen MR) is 83.3 cm³/mol. The molecule has 2 aromatic rings.